The Bertz CT molecular complexity index is 269. The fourth-order valence-corrected chi connectivity index (χ4v) is 2.27. The van der Waals surface area contributed by atoms with E-state index in [4.69, 9.17) is 5.73 Å². The lowest BCUT2D eigenvalue weighted by Crippen LogP contribution is -2.45. The normalized spacial score (nSPS) is 30.1. The fourth-order valence-electron chi connectivity index (χ4n) is 2.27. The molecular weight excluding hydrogens is 202 g/mol. The van der Waals surface area contributed by atoms with Gasteiger partial charge in [-0.1, -0.05) is 13.8 Å². The Balaban J connectivity index is 1.68. The van der Waals surface area contributed by atoms with Gasteiger partial charge >= 0.3 is 0 Å². The van der Waals surface area contributed by atoms with Crippen molar-refractivity contribution in [2.75, 3.05) is 19.6 Å². The van der Waals surface area contributed by atoms with Crippen LogP contribution in [0.3, 0.4) is 0 Å². The molecule has 16 heavy (non-hydrogen) atoms. The van der Waals surface area contributed by atoms with Crippen LogP contribution in [-0.2, 0) is 4.79 Å². The number of likely N-dealkylation sites (tertiary alicyclic amines) is 1. The molecular formula is C12H23N3O. The third kappa shape index (κ3) is 2.95. The van der Waals surface area contributed by atoms with Crippen LogP contribution >= 0.6 is 0 Å². The Hall–Kier alpha value is -0.610. The Morgan fingerprint density at radius 1 is 1.44 bits per heavy atom. The second kappa shape index (κ2) is 4.34. The van der Waals surface area contributed by atoms with E-state index in [0.29, 0.717) is 24.0 Å². The number of hydrogen-bond donors (Lipinski definition) is 2. The summed E-state index contributed by atoms with van der Waals surface area (Å²) in [6.07, 6.45) is 3.15. The Labute approximate surface area is 97.6 Å². The molecule has 1 heterocycles. The van der Waals surface area contributed by atoms with E-state index in [9.17, 15) is 4.79 Å². The molecule has 2 fully saturated rings. The smallest absolute Gasteiger partial charge is 0.234 e. The third-order valence-electron chi connectivity index (χ3n) is 3.85. The first-order chi connectivity index (χ1) is 7.47. The Morgan fingerprint density at radius 3 is 2.50 bits per heavy atom. The van der Waals surface area contributed by atoms with Crippen LogP contribution in [0.1, 0.15) is 33.1 Å². The molecule has 1 aliphatic heterocycles. The van der Waals surface area contributed by atoms with Crippen LogP contribution in [0.4, 0.5) is 0 Å². The molecule has 0 radical (unpaired) electrons. The molecule has 0 aromatic heterocycles. The summed E-state index contributed by atoms with van der Waals surface area (Å²) in [5.41, 5.74) is 6.15. The second-order valence-corrected chi connectivity index (χ2v) is 5.93. The van der Waals surface area contributed by atoms with Crippen molar-refractivity contribution in [2.24, 2.45) is 11.1 Å². The highest BCUT2D eigenvalue weighted by Crippen LogP contribution is 2.44. The molecule has 92 valence electrons. The van der Waals surface area contributed by atoms with E-state index in [2.05, 4.69) is 24.1 Å². The summed E-state index contributed by atoms with van der Waals surface area (Å²) in [6, 6.07) is 0.730. The molecule has 4 heteroatoms. The first-order valence-corrected chi connectivity index (χ1v) is 6.25. The summed E-state index contributed by atoms with van der Waals surface area (Å²) in [5.74, 6) is 0.172. The summed E-state index contributed by atoms with van der Waals surface area (Å²) in [5, 5.41) is 3.09. The molecule has 1 unspecified atom stereocenters. The minimum atomic E-state index is 0.172. The average molecular weight is 225 g/mol. The van der Waals surface area contributed by atoms with E-state index in [1.165, 1.54) is 0 Å². The summed E-state index contributed by atoms with van der Waals surface area (Å²) in [4.78, 5) is 13.9. The molecule has 2 rings (SSSR count). The van der Waals surface area contributed by atoms with Gasteiger partial charge in [0, 0.05) is 25.2 Å². The van der Waals surface area contributed by atoms with Crippen molar-refractivity contribution in [3.8, 4) is 0 Å². The first kappa shape index (κ1) is 11.9. The van der Waals surface area contributed by atoms with Gasteiger partial charge in [0.25, 0.3) is 0 Å². The van der Waals surface area contributed by atoms with E-state index < -0.39 is 0 Å². The topological polar surface area (TPSA) is 58.4 Å². The van der Waals surface area contributed by atoms with Gasteiger partial charge in [-0.05, 0) is 24.7 Å². The highest BCUT2D eigenvalue weighted by Gasteiger charge is 2.46. The number of nitrogens with one attached hydrogen (secondary N) is 1. The predicted molar refractivity (Wildman–Crippen MR) is 64.0 cm³/mol. The van der Waals surface area contributed by atoms with E-state index in [0.717, 1.165) is 32.4 Å². The SMILES string of the molecule is CC1(C)CC1NC(=O)CN1CCC(N)CC1. The molecule has 3 N–H and O–H groups in total. The van der Waals surface area contributed by atoms with Gasteiger partial charge in [-0.15, -0.1) is 0 Å². The van der Waals surface area contributed by atoms with Gasteiger partial charge in [-0.3, -0.25) is 9.69 Å². The molecule has 1 amide bonds. The minimum Gasteiger partial charge on any atom is -0.352 e. The lowest BCUT2D eigenvalue weighted by molar-refractivity contribution is -0.122. The Kier molecular flexibility index (Phi) is 3.22. The molecule has 1 saturated heterocycles. The molecule has 1 saturated carbocycles. The number of carbonyl (C=O) groups excluding carboxylic acids is 1. The monoisotopic (exact) mass is 225 g/mol. The molecule has 0 aromatic carbocycles. The number of carbonyl (C=O) groups is 1. The van der Waals surface area contributed by atoms with Crippen LogP contribution in [0.2, 0.25) is 0 Å². The van der Waals surface area contributed by atoms with Gasteiger partial charge in [0.05, 0.1) is 6.54 Å². The van der Waals surface area contributed by atoms with Crippen LogP contribution < -0.4 is 11.1 Å². The number of nitrogens with two attached hydrogens (primary N) is 1. The molecule has 1 atom stereocenters. The molecule has 4 nitrogen and oxygen atoms in total. The zero-order chi connectivity index (χ0) is 11.8. The lowest BCUT2D eigenvalue weighted by Gasteiger charge is -2.29. The quantitative estimate of drug-likeness (QED) is 0.727. The van der Waals surface area contributed by atoms with Crippen molar-refractivity contribution in [2.45, 2.75) is 45.2 Å². The number of hydrogen-bond acceptors (Lipinski definition) is 3. The molecule has 2 aliphatic rings. The zero-order valence-corrected chi connectivity index (χ0v) is 10.3. The van der Waals surface area contributed by atoms with Gasteiger partial charge in [0.2, 0.25) is 5.91 Å². The first-order valence-electron chi connectivity index (χ1n) is 6.25. The second-order valence-electron chi connectivity index (χ2n) is 5.93. The van der Waals surface area contributed by atoms with Gasteiger partial charge in [0.15, 0.2) is 0 Å². The van der Waals surface area contributed by atoms with Crippen molar-refractivity contribution in [3.63, 3.8) is 0 Å². The maximum absolute atomic E-state index is 11.7. The number of amides is 1. The van der Waals surface area contributed by atoms with Crippen LogP contribution in [0.5, 0.6) is 0 Å². The zero-order valence-electron chi connectivity index (χ0n) is 10.3. The molecule has 0 bridgehead atoms. The van der Waals surface area contributed by atoms with Gasteiger partial charge < -0.3 is 11.1 Å². The van der Waals surface area contributed by atoms with Crippen LogP contribution in [0.25, 0.3) is 0 Å². The van der Waals surface area contributed by atoms with Crippen molar-refractivity contribution in [1.29, 1.82) is 0 Å². The Morgan fingerprint density at radius 2 is 2.00 bits per heavy atom. The van der Waals surface area contributed by atoms with E-state index >= 15 is 0 Å². The lowest BCUT2D eigenvalue weighted by atomic mass is 10.1. The van der Waals surface area contributed by atoms with Crippen molar-refractivity contribution < 1.29 is 4.79 Å². The fraction of sp³-hybridized carbons (Fsp3) is 0.917. The van der Waals surface area contributed by atoms with Gasteiger partial charge in [0.1, 0.15) is 0 Å². The van der Waals surface area contributed by atoms with Gasteiger partial charge in [-0.25, -0.2) is 0 Å². The summed E-state index contributed by atoms with van der Waals surface area (Å²) in [7, 11) is 0. The van der Waals surface area contributed by atoms with Gasteiger partial charge in [-0.2, -0.15) is 0 Å². The maximum Gasteiger partial charge on any atom is 0.234 e. The highest BCUT2D eigenvalue weighted by molar-refractivity contribution is 5.78. The van der Waals surface area contributed by atoms with E-state index in [1.54, 1.807) is 0 Å². The third-order valence-corrected chi connectivity index (χ3v) is 3.85. The molecule has 1 aliphatic carbocycles. The van der Waals surface area contributed by atoms with Crippen molar-refractivity contribution >= 4 is 5.91 Å². The predicted octanol–water partition coefficient (Wildman–Crippen LogP) is 0.324. The van der Waals surface area contributed by atoms with E-state index in [1.807, 2.05) is 0 Å². The molecule has 0 aromatic rings. The number of nitrogens with zero attached hydrogens (tertiary/aromatic N) is 1. The number of piperidine rings is 1. The summed E-state index contributed by atoms with van der Waals surface area (Å²) in [6.45, 7) is 6.85. The van der Waals surface area contributed by atoms with Crippen molar-refractivity contribution in [3.05, 3.63) is 0 Å². The highest BCUT2D eigenvalue weighted by atomic mass is 16.2. The summed E-state index contributed by atoms with van der Waals surface area (Å²) < 4.78 is 0. The van der Waals surface area contributed by atoms with Crippen LogP contribution in [0.15, 0.2) is 0 Å². The largest absolute Gasteiger partial charge is 0.352 e. The minimum absolute atomic E-state index is 0.172. The molecule has 0 spiro atoms. The van der Waals surface area contributed by atoms with Crippen LogP contribution in [-0.4, -0.2) is 42.5 Å². The standard InChI is InChI=1S/C12H23N3O/c1-12(2)7-10(12)14-11(16)8-15-5-3-9(13)4-6-15/h9-10H,3-8,13H2,1-2H3,(H,14,16). The van der Waals surface area contributed by atoms with E-state index in [-0.39, 0.29) is 5.91 Å². The maximum atomic E-state index is 11.7. The average Bonchev–Trinajstić information content (AvgIpc) is 2.77. The van der Waals surface area contributed by atoms with Crippen molar-refractivity contribution in [1.82, 2.24) is 10.2 Å². The van der Waals surface area contributed by atoms with Crippen LogP contribution in [0, 0.1) is 5.41 Å². The summed E-state index contributed by atoms with van der Waals surface area (Å²) >= 11 is 0. The number of rotatable bonds is 3.